The van der Waals surface area contributed by atoms with Crippen molar-refractivity contribution in [1.82, 2.24) is 0 Å². The van der Waals surface area contributed by atoms with E-state index in [9.17, 15) is 8.42 Å². The summed E-state index contributed by atoms with van der Waals surface area (Å²) in [5.41, 5.74) is 2.30. The highest BCUT2D eigenvalue weighted by Gasteiger charge is 2.38. The molecule has 0 fully saturated rings. The number of rotatable bonds is 8. The van der Waals surface area contributed by atoms with Crippen molar-refractivity contribution in [2.45, 2.75) is 30.4 Å². The average molecular weight is 501 g/mol. The second kappa shape index (κ2) is 10.1. The normalized spacial score (nSPS) is 17.2. The zero-order valence-electron chi connectivity index (χ0n) is 20.2. The van der Waals surface area contributed by atoms with E-state index in [4.69, 9.17) is 27.9 Å². The number of benzene rings is 3. The molecule has 0 aromatic heterocycles. The maximum Gasteiger partial charge on any atom is 0.297 e. The smallest absolute Gasteiger partial charge is 0.297 e. The molecule has 35 heavy (non-hydrogen) atoms. The summed E-state index contributed by atoms with van der Waals surface area (Å²) in [6.45, 7) is 1.89. The fraction of sp³-hybridized carbons (Fsp3) is 0.308. The van der Waals surface area contributed by atoms with Gasteiger partial charge in [0.25, 0.3) is 10.1 Å². The zero-order valence-corrected chi connectivity index (χ0v) is 21.0. The first-order valence-electron chi connectivity index (χ1n) is 10.9. The third kappa shape index (κ3) is 5.01. The van der Waals surface area contributed by atoms with Gasteiger partial charge in [0.1, 0.15) is 23.4 Å². The van der Waals surface area contributed by atoms with E-state index >= 15 is 0 Å². The Labute approximate surface area is 205 Å². The standard InChI is InChI=1S/C26H28O8S/c1-16-6-9-19(10-7-16)35(27,28)34-25-15-20-22(31-4)13-18(29-2)14-23(20)33-26(25)17-8-11-21(30-3)24(12-17)32-5/h6-14,25-26H,15H2,1-5H3/t25-,26+/m1/s1. The molecule has 0 saturated heterocycles. The molecule has 0 saturated carbocycles. The van der Waals surface area contributed by atoms with E-state index in [0.717, 1.165) is 5.56 Å². The predicted octanol–water partition coefficient (Wildman–Crippen LogP) is 4.48. The number of aryl methyl sites for hydroxylation is 1. The summed E-state index contributed by atoms with van der Waals surface area (Å²) in [6, 6.07) is 15.3. The molecule has 0 unspecified atom stereocenters. The molecule has 0 radical (unpaired) electrons. The molecule has 8 nitrogen and oxygen atoms in total. The topological polar surface area (TPSA) is 89.5 Å². The highest BCUT2D eigenvalue weighted by atomic mass is 32.2. The molecule has 0 bridgehead atoms. The molecule has 1 aliphatic heterocycles. The molecule has 1 aliphatic rings. The Morgan fingerprint density at radius 2 is 1.49 bits per heavy atom. The largest absolute Gasteiger partial charge is 0.496 e. The molecule has 9 heteroatoms. The Kier molecular flexibility index (Phi) is 7.09. The first-order chi connectivity index (χ1) is 16.8. The summed E-state index contributed by atoms with van der Waals surface area (Å²) < 4.78 is 60.3. The molecule has 0 aliphatic carbocycles. The lowest BCUT2D eigenvalue weighted by atomic mass is 9.94. The summed E-state index contributed by atoms with van der Waals surface area (Å²) in [5.74, 6) is 2.63. The zero-order chi connectivity index (χ0) is 25.2. The van der Waals surface area contributed by atoms with Gasteiger partial charge in [-0.3, -0.25) is 4.18 Å². The summed E-state index contributed by atoms with van der Waals surface area (Å²) in [5, 5.41) is 0. The lowest BCUT2D eigenvalue weighted by molar-refractivity contribution is 0.0407. The molecule has 3 aromatic rings. The van der Waals surface area contributed by atoms with Crippen LogP contribution >= 0.6 is 0 Å². The van der Waals surface area contributed by atoms with Crippen molar-refractivity contribution in [1.29, 1.82) is 0 Å². The average Bonchev–Trinajstić information content (AvgIpc) is 2.87. The van der Waals surface area contributed by atoms with Gasteiger partial charge in [-0.15, -0.1) is 0 Å². The Balaban J connectivity index is 1.79. The van der Waals surface area contributed by atoms with Gasteiger partial charge in [0.15, 0.2) is 17.6 Å². The Morgan fingerprint density at radius 3 is 2.11 bits per heavy atom. The molecule has 0 N–H and O–H groups in total. The monoisotopic (exact) mass is 500 g/mol. The van der Waals surface area contributed by atoms with Crippen LogP contribution < -0.4 is 23.7 Å². The van der Waals surface area contributed by atoms with E-state index in [-0.39, 0.29) is 11.3 Å². The van der Waals surface area contributed by atoms with E-state index in [0.29, 0.717) is 39.9 Å². The Bertz CT molecular complexity index is 1300. The number of hydrogen-bond donors (Lipinski definition) is 0. The van der Waals surface area contributed by atoms with Crippen molar-refractivity contribution in [3.63, 3.8) is 0 Å². The van der Waals surface area contributed by atoms with E-state index in [1.807, 2.05) is 6.92 Å². The van der Waals surface area contributed by atoms with E-state index < -0.39 is 22.3 Å². The van der Waals surface area contributed by atoms with Crippen LogP contribution in [0.1, 0.15) is 22.8 Å². The van der Waals surface area contributed by atoms with Crippen molar-refractivity contribution in [3.05, 3.63) is 71.3 Å². The maximum absolute atomic E-state index is 13.2. The second-order valence-electron chi connectivity index (χ2n) is 8.07. The number of hydrogen-bond acceptors (Lipinski definition) is 8. The van der Waals surface area contributed by atoms with Gasteiger partial charge in [-0.05, 0) is 36.8 Å². The second-order valence-corrected chi connectivity index (χ2v) is 9.64. The van der Waals surface area contributed by atoms with E-state index in [1.165, 1.54) is 26.4 Å². The van der Waals surface area contributed by atoms with Crippen molar-refractivity contribution < 1.29 is 36.3 Å². The Morgan fingerprint density at radius 1 is 0.800 bits per heavy atom. The molecular weight excluding hydrogens is 472 g/mol. The van der Waals surface area contributed by atoms with Crippen molar-refractivity contribution >= 4 is 10.1 Å². The van der Waals surface area contributed by atoms with Gasteiger partial charge in [0, 0.05) is 24.1 Å². The Hall–Kier alpha value is -3.43. The van der Waals surface area contributed by atoms with Gasteiger partial charge in [-0.1, -0.05) is 23.8 Å². The van der Waals surface area contributed by atoms with Crippen LogP contribution in [0.4, 0.5) is 0 Å². The summed E-state index contributed by atoms with van der Waals surface area (Å²) in [7, 11) is 2.08. The van der Waals surface area contributed by atoms with Crippen LogP contribution in [0.25, 0.3) is 0 Å². The molecular formula is C26H28O8S. The van der Waals surface area contributed by atoms with Crippen LogP contribution in [0.2, 0.25) is 0 Å². The van der Waals surface area contributed by atoms with E-state index in [2.05, 4.69) is 0 Å². The van der Waals surface area contributed by atoms with Crippen molar-refractivity contribution in [2.75, 3.05) is 28.4 Å². The van der Waals surface area contributed by atoms with Gasteiger partial charge >= 0.3 is 0 Å². The van der Waals surface area contributed by atoms with Crippen LogP contribution in [-0.4, -0.2) is 43.0 Å². The third-order valence-electron chi connectivity index (χ3n) is 5.89. The van der Waals surface area contributed by atoms with Crippen molar-refractivity contribution in [3.8, 4) is 28.7 Å². The van der Waals surface area contributed by atoms with Crippen LogP contribution in [-0.2, 0) is 20.7 Å². The molecule has 0 amide bonds. The van der Waals surface area contributed by atoms with Crippen LogP contribution in [0.15, 0.2) is 59.5 Å². The summed E-state index contributed by atoms with van der Waals surface area (Å²) in [4.78, 5) is 0.0710. The third-order valence-corrected chi connectivity index (χ3v) is 7.24. The first-order valence-corrected chi connectivity index (χ1v) is 12.3. The molecule has 1 heterocycles. The quantitative estimate of drug-likeness (QED) is 0.418. The fourth-order valence-electron chi connectivity index (χ4n) is 4.04. The number of fused-ring (bicyclic) bond motifs is 1. The highest BCUT2D eigenvalue weighted by molar-refractivity contribution is 7.86. The van der Waals surface area contributed by atoms with Crippen molar-refractivity contribution in [2.24, 2.45) is 0 Å². The van der Waals surface area contributed by atoms with Gasteiger partial charge < -0.3 is 23.7 Å². The fourth-order valence-corrected chi connectivity index (χ4v) is 5.12. The SMILES string of the molecule is COc1cc(OC)c2c(c1)O[C@@H](c1ccc(OC)c(OC)c1)[C@H](OS(=O)(=O)c1ccc(C)cc1)C2. The summed E-state index contributed by atoms with van der Waals surface area (Å²) in [6.07, 6.45) is -1.42. The van der Waals surface area contributed by atoms with Crippen LogP contribution in [0.5, 0.6) is 28.7 Å². The molecule has 186 valence electrons. The number of ether oxygens (including phenoxy) is 5. The predicted molar refractivity (Wildman–Crippen MR) is 129 cm³/mol. The minimum absolute atomic E-state index is 0.0710. The van der Waals surface area contributed by atoms with Gasteiger partial charge in [0.2, 0.25) is 0 Å². The molecule has 4 rings (SSSR count). The maximum atomic E-state index is 13.2. The van der Waals surface area contributed by atoms with E-state index in [1.54, 1.807) is 56.7 Å². The molecule has 0 spiro atoms. The van der Waals surface area contributed by atoms with Crippen LogP contribution in [0.3, 0.4) is 0 Å². The lowest BCUT2D eigenvalue weighted by Gasteiger charge is -2.34. The van der Waals surface area contributed by atoms with Gasteiger partial charge in [-0.2, -0.15) is 8.42 Å². The van der Waals surface area contributed by atoms with Gasteiger partial charge in [0.05, 0.1) is 33.3 Å². The minimum Gasteiger partial charge on any atom is -0.496 e. The first kappa shape index (κ1) is 24.7. The van der Waals surface area contributed by atoms with Gasteiger partial charge in [-0.25, -0.2) is 0 Å². The summed E-state index contributed by atoms with van der Waals surface area (Å²) >= 11 is 0. The lowest BCUT2D eigenvalue weighted by Crippen LogP contribution is -2.35. The molecule has 3 aromatic carbocycles. The minimum atomic E-state index is -4.08. The molecule has 2 atom stereocenters. The number of methoxy groups -OCH3 is 4. The van der Waals surface area contributed by atoms with Crippen LogP contribution in [0, 0.1) is 6.92 Å². The highest BCUT2D eigenvalue weighted by Crippen LogP contribution is 2.45.